The predicted octanol–water partition coefficient (Wildman–Crippen LogP) is 1.64. The van der Waals surface area contributed by atoms with Crippen LogP contribution in [-0.4, -0.2) is 29.6 Å². The van der Waals surface area contributed by atoms with Gasteiger partial charge in [-0.15, -0.1) is 0 Å². The van der Waals surface area contributed by atoms with Crippen molar-refractivity contribution >= 4 is 5.97 Å². The molecule has 2 atom stereocenters. The van der Waals surface area contributed by atoms with Crippen LogP contribution in [0.2, 0.25) is 0 Å². The lowest BCUT2D eigenvalue weighted by Crippen LogP contribution is -2.25. The van der Waals surface area contributed by atoms with Gasteiger partial charge in [-0.2, -0.15) is 0 Å². The molecule has 0 radical (unpaired) electrons. The Morgan fingerprint density at radius 1 is 1.64 bits per heavy atom. The number of ether oxygens (including phenoxy) is 2. The van der Waals surface area contributed by atoms with Gasteiger partial charge in [0.15, 0.2) is 5.79 Å². The fourth-order valence-corrected chi connectivity index (χ4v) is 1.64. The van der Waals surface area contributed by atoms with Gasteiger partial charge in [0, 0.05) is 0 Å². The number of hydrogen-bond donors (Lipinski definition) is 1. The fourth-order valence-electron chi connectivity index (χ4n) is 1.64. The molecule has 0 bridgehead atoms. The van der Waals surface area contributed by atoms with E-state index in [0.717, 1.165) is 0 Å². The van der Waals surface area contributed by atoms with E-state index in [-0.39, 0.29) is 12.0 Å². The topological polar surface area (TPSA) is 55.8 Å². The van der Waals surface area contributed by atoms with Crippen molar-refractivity contribution in [2.75, 3.05) is 6.61 Å². The second-order valence-corrected chi connectivity index (χ2v) is 4.13. The fraction of sp³-hybridized carbons (Fsp3) is 0.900. The van der Waals surface area contributed by atoms with Gasteiger partial charge >= 0.3 is 5.97 Å². The number of carbonyl (C=O) groups is 1. The number of carboxylic acids is 1. The molecule has 82 valence electrons. The molecule has 0 spiro atoms. The molecule has 1 aliphatic heterocycles. The first-order valence-electron chi connectivity index (χ1n) is 4.99. The van der Waals surface area contributed by atoms with Crippen molar-refractivity contribution in [3.63, 3.8) is 0 Å². The van der Waals surface area contributed by atoms with Crippen LogP contribution >= 0.6 is 0 Å². The van der Waals surface area contributed by atoms with E-state index >= 15 is 0 Å². The molecule has 0 saturated carbocycles. The molecule has 0 aromatic heterocycles. The summed E-state index contributed by atoms with van der Waals surface area (Å²) in [5, 5.41) is 8.87. The Morgan fingerprint density at radius 3 is 2.64 bits per heavy atom. The molecule has 14 heavy (non-hydrogen) atoms. The van der Waals surface area contributed by atoms with E-state index < -0.39 is 11.8 Å². The molecule has 0 aliphatic carbocycles. The minimum atomic E-state index is -0.749. The Labute approximate surface area is 84.2 Å². The first kappa shape index (κ1) is 11.5. The van der Waals surface area contributed by atoms with Crippen molar-refractivity contribution in [1.82, 2.24) is 0 Å². The maximum Gasteiger partial charge on any atom is 0.306 e. The third-order valence-electron chi connectivity index (χ3n) is 2.46. The minimum absolute atomic E-state index is 0.0777. The molecule has 4 heteroatoms. The molecule has 0 aromatic carbocycles. The highest BCUT2D eigenvalue weighted by atomic mass is 16.7. The summed E-state index contributed by atoms with van der Waals surface area (Å²) in [5.41, 5.74) is 0. The highest BCUT2D eigenvalue weighted by Gasteiger charge is 2.34. The van der Waals surface area contributed by atoms with Crippen LogP contribution in [0.5, 0.6) is 0 Å². The second-order valence-electron chi connectivity index (χ2n) is 4.13. The highest BCUT2D eigenvalue weighted by molar-refractivity contribution is 5.69. The monoisotopic (exact) mass is 202 g/mol. The average Bonchev–Trinajstić information content (AvgIpc) is 2.41. The van der Waals surface area contributed by atoms with Gasteiger partial charge < -0.3 is 14.6 Å². The molecule has 1 saturated heterocycles. The van der Waals surface area contributed by atoms with Crippen LogP contribution in [0, 0.1) is 5.92 Å². The van der Waals surface area contributed by atoms with Gasteiger partial charge in [0.2, 0.25) is 0 Å². The summed E-state index contributed by atoms with van der Waals surface area (Å²) in [6.45, 7) is 6.06. The predicted molar refractivity (Wildman–Crippen MR) is 50.9 cm³/mol. The maximum atomic E-state index is 10.8. The lowest BCUT2D eigenvalue weighted by molar-refractivity contribution is -0.149. The molecular weight excluding hydrogens is 184 g/mol. The van der Waals surface area contributed by atoms with E-state index in [1.807, 2.05) is 20.8 Å². The van der Waals surface area contributed by atoms with E-state index in [0.29, 0.717) is 19.4 Å². The Kier molecular flexibility index (Phi) is 3.50. The molecule has 4 nitrogen and oxygen atoms in total. The van der Waals surface area contributed by atoms with Crippen LogP contribution < -0.4 is 0 Å². The zero-order valence-corrected chi connectivity index (χ0v) is 8.95. The molecule has 2 unspecified atom stereocenters. The molecular formula is C10H18O4. The third kappa shape index (κ3) is 2.96. The van der Waals surface area contributed by atoms with E-state index in [2.05, 4.69) is 0 Å². The zero-order chi connectivity index (χ0) is 10.8. The lowest BCUT2D eigenvalue weighted by Gasteiger charge is -2.18. The second kappa shape index (κ2) is 4.28. The summed E-state index contributed by atoms with van der Waals surface area (Å²) in [5.74, 6) is -1.63. The van der Waals surface area contributed by atoms with Crippen molar-refractivity contribution < 1.29 is 19.4 Å². The summed E-state index contributed by atoms with van der Waals surface area (Å²) in [4.78, 5) is 10.8. The van der Waals surface area contributed by atoms with Crippen molar-refractivity contribution in [1.29, 1.82) is 0 Å². The Balaban J connectivity index is 2.42. The molecule has 1 fully saturated rings. The van der Waals surface area contributed by atoms with Gasteiger partial charge in [-0.1, -0.05) is 6.92 Å². The summed E-state index contributed by atoms with van der Waals surface area (Å²) < 4.78 is 10.9. The number of hydrogen-bond acceptors (Lipinski definition) is 3. The standard InChI is InChI=1S/C10H18O4/c1-4-7(9(11)12)5-8-6-13-10(2,3)14-8/h7-8H,4-6H2,1-3H3,(H,11,12). The van der Waals surface area contributed by atoms with E-state index in [9.17, 15) is 4.79 Å². The normalized spacial score (nSPS) is 27.5. The summed E-state index contributed by atoms with van der Waals surface area (Å²) in [6, 6.07) is 0. The van der Waals surface area contributed by atoms with E-state index in [4.69, 9.17) is 14.6 Å². The molecule has 1 aliphatic rings. The average molecular weight is 202 g/mol. The first-order chi connectivity index (χ1) is 6.44. The number of aliphatic carboxylic acids is 1. The lowest BCUT2D eigenvalue weighted by atomic mass is 9.99. The molecule has 0 amide bonds. The van der Waals surface area contributed by atoms with Gasteiger partial charge in [0.1, 0.15) is 0 Å². The van der Waals surface area contributed by atoms with Crippen LogP contribution in [0.1, 0.15) is 33.6 Å². The molecule has 1 N–H and O–H groups in total. The molecule has 1 heterocycles. The Morgan fingerprint density at radius 2 is 2.29 bits per heavy atom. The maximum absolute atomic E-state index is 10.8. The van der Waals surface area contributed by atoms with Gasteiger partial charge in [0.05, 0.1) is 18.6 Å². The molecule has 1 rings (SSSR count). The Hall–Kier alpha value is -0.610. The third-order valence-corrected chi connectivity index (χ3v) is 2.46. The summed E-state index contributed by atoms with van der Waals surface area (Å²) in [6.07, 6.45) is 1.09. The highest BCUT2D eigenvalue weighted by Crippen LogP contribution is 2.27. The van der Waals surface area contributed by atoms with Crippen molar-refractivity contribution in [3.05, 3.63) is 0 Å². The van der Waals surface area contributed by atoms with Crippen LogP contribution in [0.4, 0.5) is 0 Å². The van der Waals surface area contributed by atoms with Crippen LogP contribution in [-0.2, 0) is 14.3 Å². The minimum Gasteiger partial charge on any atom is -0.481 e. The smallest absolute Gasteiger partial charge is 0.306 e. The summed E-state index contributed by atoms with van der Waals surface area (Å²) in [7, 11) is 0. The Bertz CT molecular complexity index is 212. The largest absolute Gasteiger partial charge is 0.481 e. The molecule has 0 aromatic rings. The summed E-state index contributed by atoms with van der Waals surface area (Å²) >= 11 is 0. The number of rotatable bonds is 4. The zero-order valence-electron chi connectivity index (χ0n) is 8.95. The first-order valence-corrected chi connectivity index (χ1v) is 4.99. The van der Waals surface area contributed by atoms with Gasteiger partial charge in [-0.3, -0.25) is 4.79 Å². The number of carboxylic acid groups (broad SMARTS) is 1. The van der Waals surface area contributed by atoms with Crippen molar-refractivity contribution in [3.8, 4) is 0 Å². The van der Waals surface area contributed by atoms with E-state index in [1.54, 1.807) is 0 Å². The van der Waals surface area contributed by atoms with Crippen LogP contribution in [0.15, 0.2) is 0 Å². The van der Waals surface area contributed by atoms with Crippen LogP contribution in [0.25, 0.3) is 0 Å². The quantitative estimate of drug-likeness (QED) is 0.753. The SMILES string of the molecule is CCC(CC1COC(C)(C)O1)C(=O)O. The van der Waals surface area contributed by atoms with Gasteiger partial charge in [-0.05, 0) is 26.7 Å². The van der Waals surface area contributed by atoms with Crippen molar-refractivity contribution in [2.45, 2.75) is 45.5 Å². The van der Waals surface area contributed by atoms with Gasteiger partial charge in [0.25, 0.3) is 0 Å². The van der Waals surface area contributed by atoms with Crippen LogP contribution in [0.3, 0.4) is 0 Å². The van der Waals surface area contributed by atoms with E-state index in [1.165, 1.54) is 0 Å². The van der Waals surface area contributed by atoms with Crippen molar-refractivity contribution in [2.24, 2.45) is 5.92 Å². The van der Waals surface area contributed by atoms with Gasteiger partial charge in [-0.25, -0.2) is 0 Å².